The summed E-state index contributed by atoms with van der Waals surface area (Å²) in [4.78, 5) is 0.828. The monoisotopic (exact) mass is 430 g/mol. The van der Waals surface area contributed by atoms with Crippen molar-refractivity contribution in [1.29, 1.82) is 0 Å². The lowest BCUT2D eigenvalue weighted by molar-refractivity contribution is -0.0603. The number of rotatable bonds is 9. The van der Waals surface area contributed by atoms with Gasteiger partial charge in [0.15, 0.2) is 6.29 Å². The zero-order chi connectivity index (χ0) is 22.4. The smallest absolute Gasteiger partial charge is 0.197 e. The van der Waals surface area contributed by atoms with Gasteiger partial charge in [-0.25, -0.2) is 0 Å². The highest BCUT2D eigenvalue weighted by Crippen LogP contribution is 2.43. The van der Waals surface area contributed by atoms with Gasteiger partial charge in [0.05, 0.1) is 23.2 Å². The molecule has 0 bridgehead atoms. The highest BCUT2D eigenvalue weighted by molar-refractivity contribution is 7.85. The maximum Gasteiger partial charge on any atom is 0.197 e. The van der Waals surface area contributed by atoms with Gasteiger partial charge in [-0.3, -0.25) is 4.21 Å². The molecule has 3 atom stereocenters. The molecule has 2 aromatic carbocycles. The molecule has 0 N–H and O–H groups in total. The van der Waals surface area contributed by atoms with Crippen LogP contribution >= 0.6 is 0 Å². The summed E-state index contributed by atoms with van der Waals surface area (Å²) >= 11 is 0. The van der Waals surface area contributed by atoms with E-state index in [-0.39, 0.29) is 10.8 Å². The largest absolute Gasteiger partial charge is 0.465 e. The van der Waals surface area contributed by atoms with Gasteiger partial charge in [-0.05, 0) is 59.9 Å². The first-order chi connectivity index (χ1) is 14.0. The van der Waals surface area contributed by atoms with Crippen molar-refractivity contribution < 1.29 is 13.7 Å². The lowest BCUT2D eigenvalue weighted by atomic mass is 9.69. The Bertz CT molecular complexity index is 786. The van der Waals surface area contributed by atoms with E-state index in [4.69, 9.17) is 9.47 Å². The number of hydrogen-bond donors (Lipinski definition) is 0. The SMILES string of the molecule is CC(OCCS(=O)c1ccccc1)Oc1ccc(C(CC(C)(C)C)C(C)(C)C)cc1. The second-order valence-corrected chi connectivity index (χ2v) is 11.7. The van der Waals surface area contributed by atoms with E-state index in [1.165, 1.54) is 5.56 Å². The van der Waals surface area contributed by atoms with Crippen LogP contribution in [0.5, 0.6) is 5.75 Å². The third-order valence-electron chi connectivity index (χ3n) is 5.07. The van der Waals surface area contributed by atoms with Crippen molar-refractivity contribution in [2.24, 2.45) is 10.8 Å². The van der Waals surface area contributed by atoms with Crippen molar-refractivity contribution >= 4 is 10.8 Å². The Morgan fingerprint density at radius 1 is 0.900 bits per heavy atom. The Kier molecular flexibility index (Phi) is 8.69. The summed E-state index contributed by atoms with van der Waals surface area (Å²) in [5.41, 5.74) is 1.81. The first kappa shape index (κ1) is 24.6. The molecular formula is C26H38O3S. The summed E-state index contributed by atoms with van der Waals surface area (Å²) in [6.45, 7) is 16.1. The average Bonchev–Trinajstić information content (AvgIpc) is 2.66. The lowest BCUT2D eigenvalue weighted by Crippen LogP contribution is -2.24. The maximum atomic E-state index is 12.3. The van der Waals surface area contributed by atoms with Crippen molar-refractivity contribution in [1.82, 2.24) is 0 Å². The first-order valence-electron chi connectivity index (χ1n) is 10.8. The molecule has 0 saturated carbocycles. The fourth-order valence-electron chi connectivity index (χ4n) is 3.52. The topological polar surface area (TPSA) is 35.5 Å². The van der Waals surface area contributed by atoms with Crippen molar-refractivity contribution in [3.8, 4) is 5.75 Å². The van der Waals surface area contributed by atoms with Crippen LogP contribution in [0.3, 0.4) is 0 Å². The highest BCUT2D eigenvalue weighted by Gasteiger charge is 2.30. The zero-order valence-corrected chi connectivity index (χ0v) is 20.4. The van der Waals surface area contributed by atoms with Crippen LogP contribution in [0.1, 0.15) is 66.4 Å². The minimum Gasteiger partial charge on any atom is -0.465 e. The van der Waals surface area contributed by atoms with E-state index < -0.39 is 17.1 Å². The number of hydrogen-bond acceptors (Lipinski definition) is 3. The van der Waals surface area contributed by atoms with Crippen LogP contribution in [0, 0.1) is 10.8 Å². The molecule has 166 valence electrons. The van der Waals surface area contributed by atoms with E-state index in [1.807, 2.05) is 49.4 Å². The molecule has 0 aliphatic heterocycles. The molecule has 0 aliphatic carbocycles. The lowest BCUT2D eigenvalue weighted by Gasteiger charge is -2.36. The normalized spacial score (nSPS) is 15.4. The van der Waals surface area contributed by atoms with Gasteiger partial charge in [0, 0.05) is 4.90 Å². The van der Waals surface area contributed by atoms with Crippen LogP contribution in [0.25, 0.3) is 0 Å². The van der Waals surface area contributed by atoms with Crippen molar-refractivity contribution in [3.63, 3.8) is 0 Å². The molecular weight excluding hydrogens is 392 g/mol. The second-order valence-electron chi connectivity index (χ2n) is 10.2. The molecule has 0 aliphatic rings. The molecule has 0 amide bonds. The summed E-state index contributed by atoms with van der Waals surface area (Å²) in [6, 6.07) is 17.9. The van der Waals surface area contributed by atoms with Crippen LogP contribution in [-0.4, -0.2) is 22.9 Å². The van der Waals surface area contributed by atoms with Gasteiger partial charge in [0.25, 0.3) is 0 Å². The van der Waals surface area contributed by atoms with E-state index in [2.05, 4.69) is 53.7 Å². The molecule has 3 unspecified atom stereocenters. The van der Waals surface area contributed by atoms with Crippen LogP contribution in [0.2, 0.25) is 0 Å². The minimum absolute atomic E-state index is 0.195. The number of benzene rings is 2. The van der Waals surface area contributed by atoms with Crippen LogP contribution in [0.15, 0.2) is 59.5 Å². The van der Waals surface area contributed by atoms with Gasteiger partial charge in [-0.2, -0.15) is 0 Å². The van der Waals surface area contributed by atoms with Crippen molar-refractivity contribution in [2.45, 2.75) is 72.0 Å². The highest BCUT2D eigenvalue weighted by atomic mass is 32.2. The summed E-state index contributed by atoms with van der Waals surface area (Å²) in [5, 5.41) is 0. The molecule has 4 heteroatoms. The summed E-state index contributed by atoms with van der Waals surface area (Å²) in [6.07, 6.45) is 0.742. The molecule has 30 heavy (non-hydrogen) atoms. The number of ether oxygens (including phenoxy) is 2. The fraction of sp³-hybridized carbons (Fsp3) is 0.538. The van der Waals surface area contributed by atoms with Gasteiger partial charge >= 0.3 is 0 Å². The van der Waals surface area contributed by atoms with Gasteiger partial charge in [-0.15, -0.1) is 0 Å². The van der Waals surface area contributed by atoms with Gasteiger partial charge in [0.1, 0.15) is 5.75 Å². The van der Waals surface area contributed by atoms with Crippen molar-refractivity contribution in [3.05, 3.63) is 60.2 Å². The Morgan fingerprint density at radius 2 is 1.50 bits per heavy atom. The van der Waals surface area contributed by atoms with E-state index >= 15 is 0 Å². The quantitative estimate of drug-likeness (QED) is 0.410. The van der Waals surface area contributed by atoms with E-state index in [1.54, 1.807) is 0 Å². The standard InChI is InChI=1S/C26H38O3S/c1-20(28-17-18-30(27)23-11-9-8-10-12-23)29-22-15-13-21(14-16-22)24(26(5,6)7)19-25(2,3)4/h8-16,20,24H,17-19H2,1-7H3. The summed E-state index contributed by atoms with van der Waals surface area (Å²) in [5.74, 6) is 1.73. The van der Waals surface area contributed by atoms with Crippen LogP contribution < -0.4 is 4.74 Å². The average molecular weight is 431 g/mol. The predicted octanol–water partition coefficient (Wildman–Crippen LogP) is 6.80. The summed E-state index contributed by atoms with van der Waals surface area (Å²) in [7, 11) is -1.05. The maximum absolute atomic E-state index is 12.3. The Balaban J connectivity index is 1.89. The van der Waals surface area contributed by atoms with Gasteiger partial charge < -0.3 is 9.47 Å². The molecule has 0 fully saturated rings. The van der Waals surface area contributed by atoms with Crippen LogP contribution in [-0.2, 0) is 15.5 Å². The van der Waals surface area contributed by atoms with Gasteiger partial charge in [0.2, 0.25) is 0 Å². The molecule has 2 aromatic rings. The van der Waals surface area contributed by atoms with Crippen molar-refractivity contribution in [2.75, 3.05) is 12.4 Å². The third-order valence-corrected chi connectivity index (χ3v) is 6.41. The molecule has 0 spiro atoms. The Hall–Kier alpha value is -1.65. The third kappa shape index (κ3) is 8.23. The fourth-order valence-corrected chi connectivity index (χ4v) is 4.46. The molecule has 3 nitrogen and oxygen atoms in total. The summed E-state index contributed by atoms with van der Waals surface area (Å²) < 4.78 is 23.9. The Labute approximate surface area is 185 Å². The molecule has 0 saturated heterocycles. The molecule has 0 radical (unpaired) electrons. The zero-order valence-electron chi connectivity index (χ0n) is 19.6. The van der Waals surface area contributed by atoms with E-state index in [0.29, 0.717) is 18.3 Å². The van der Waals surface area contributed by atoms with E-state index in [0.717, 1.165) is 17.1 Å². The predicted molar refractivity (Wildman–Crippen MR) is 126 cm³/mol. The molecule has 0 aromatic heterocycles. The second kappa shape index (κ2) is 10.6. The van der Waals surface area contributed by atoms with Gasteiger partial charge in [-0.1, -0.05) is 71.9 Å². The van der Waals surface area contributed by atoms with E-state index in [9.17, 15) is 4.21 Å². The first-order valence-corrected chi connectivity index (χ1v) is 12.1. The Morgan fingerprint density at radius 3 is 2.03 bits per heavy atom. The van der Waals surface area contributed by atoms with Crippen LogP contribution in [0.4, 0.5) is 0 Å². The molecule has 2 rings (SSSR count). The minimum atomic E-state index is -1.05. The molecule has 0 heterocycles.